The first-order valence-corrected chi connectivity index (χ1v) is 11.3. The summed E-state index contributed by atoms with van der Waals surface area (Å²) in [5, 5.41) is 0. The number of rotatable bonds is 6. The van der Waals surface area contributed by atoms with Crippen LogP contribution in [0.1, 0.15) is 53.6 Å². The predicted octanol–water partition coefficient (Wildman–Crippen LogP) is 3.88. The van der Waals surface area contributed by atoms with Gasteiger partial charge in [0.25, 0.3) is 5.91 Å². The van der Waals surface area contributed by atoms with Crippen molar-refractivity contribution in [3.8, 4) is 0 Å². The second-order valence-electron chi connectivity index (χ2n) is 7.49. The van der Waals surface area contributed by atoms with E-state index in [2.05, 4.69) is 4.72 Å². The third-order valence-electron chi connectivity index (χ3n) is 5.50. The lowest BCUT2D eigenvalue weighted by Gasteiger charge is -2.31. The third kappa shape index (κ3) is 4.80. The van der Waals surface area contributed by atoms with Crippen molar-refractivity contribution in [2.75, 3.05) is 7.05 Å². The van der Waals surface area contributed by atoms with Gasteiger partial charge < -0.3 is 4.90 Å². The van der Waals surface area contributed by atoms with Crippen LogP contribution in [-0.2, 0) is 16.6 Å². The van der Waals surface area contributed by atoms with Gasteiger partial charge >= 0.3 is 0 Å². The molecule has 1 aliphatic carbocycles. The highest BCUT2D eigenvalue weighted by atomic mass is 32.2. The molecule has 6 heteroatoms. The van der Waals surface area contributed by atoms with E-state index in [4.69, 9.17) is 0 Å². The Labute approximate surface area is 167 Å². The molecule has 28 heavy (non-hydrogen) atoms. The van der Waals surface area contributed by atoms with Crippen LogP contribution in [0.15, 0.2) is 53.4 Å². The van der Waals surface area contributed by atoms with E-state index in [1.165, 1.54) is 12.5 Å². The maximum atomic E-state index is 13.0. The number of aryl methyl sites for hydroxylation is 1. The summed E-state index contributed by atoms with van der Waals surface area (Å²) in [6, 6.07) is 14.4. The molecule has 0 aromatic heterocycles. The highest BCUT2D eigenvalue weighted by molar-refractivity contribution is 7.89. The monoisotopic (exact) mass is 400 g/mol. The van der Waals surface area contributed by atoms with Crippen LogP contribution >= 0.6 is 0 Å². The molecular formula is C22H28N2O3S. The first-order valence-electron chi connectivity index (χ1n) is 9.80. The van der Waals surface area contributed by atoms with Crippen LogP contribution in [0.5, 0.6) is 0 Å². The lowest BCUT2D eigenvalue weighted by Crippen LogP contribution is -2.38. The molecule has 1 amide bonds. The van der Waals surface area contributed by atoms with E-state index in [9.17, 15) is 13.2 Å². The average Bonchev–Trinajstić information content (AvgIpc) is 2.73. The van der Waals surface area contributed by atoms with E-state index < -0.39 is 10.0 Å². The molecule has 150 valence electrons. The van der Waals surface area contributed by atoms with E-state index in [0.29, 0.717) is 5.56 Å². The van der Waals surface area contributed by atoms with Crippen LogP contribution in [0.2, 0.25) is 0 Å². The number of sulfonamides is 1. The second kappa shape index (κ2) is 8.88. The summed E-state index contributed by atoms with van der Waals surface area (Å²) < 4.78 is 28.1. The molecule has 0 saturated heterocycles. The van der Waals surface area contributed by atoms with E-state index >= 15 is 0 Å². The summed E-state index contributed by atoms with van der Waals surface area (Å²) >= 11 is 0. The van der Waals surface area contributed by atoms with Crippen molar-refractivity contribution >= 4 is 15.9 Å². The molecule has 1 fully saturated rings. The standard InChI is InChI=1S/C22H28N2O3S/c1-17-13-14-20(28(26,27)23-16-18-9-5-3-6-10-18)15-21(17)22(25)24(2)19-11-7-4-8-12-19/h3,5-6,9-10,13-15,19,23H,4,7-8,11-12,16H2,1-2H3. The highest BCUT2D eigenvalue weighted by Gasteiger charge is 2.25. The van der Waals surface area contributed by atoms with Gasteiger partial charge in [0.1, 0.15) is 0 Å². The average molecular weight is 401 g/mol. The van der Waals surface area contributed by atoms with Gasteiger partial charge in [0.2, 0.25) is 10.0 Å². The Bertz CT molecular complexity index is 920. The minimum atomic E-state index is -3.70. The molecule has 1 saturated carbocycles. The molecule has 5 nitrogen and oxygen atoms in total. The summed E-state index contributed by atoms with van der Waals surface area (Å²) in [5.74, 6) is -0.107. The van der Waals surface area contributed by atoms with Crippen molar-refractivity contribution in [2.45, 2.75) is 56.5 Å². The fraction of sp³-hybridized carbons (Fsp3) is 0.409. The maximum absolute atomic E-state index is 13.0. The Morgan fingerprint density at radius 2 is 1.75 bits per heavy atom. The van der Waals surface area contributed by atoms with Gasteiger partial charge in [-0.3, -0.25) is 4.79 Å². The summed E-state index contributed by atoms with van der Waals surface area (Å²) in [7, 11) is -1.88. The van der Waals surface area contributed by atoms with Crippen molar-refractivity contribution in [3.05, 3.63) is 65.2 Å². The van der Waals surface area contributed by atoms with Gasteiger partial charge in [-0.1, -0.05) is 55.7 Å². The van der Waals surface area contributed by atoms with Gasteiger partial charge in [-0.05, 0) is 43.0 Å². The largest absolute Gasteiger partial charge is 0.339 e. The SMILES string of the molecule is Cc1ccc(S(=O)(=O)NCc2ccccc2)cc1C(=O)N(C)C1CCCCC1. The second-order valence-corrected chi connectivity index (χ2v) is 9.26. The number of carbonyl (C=O) groups excluding carboxylic acids is 1. The van der Waals surface area contributed by atoms with Gasteiger partial charge in [-0.25, -0.2) is 13.1 Å². The first kappa shape index (κ1) is 20.6. The Kier molecular flexibility index (Phi) is 6.52. The smallest absolute Gasteiger partial charge is 0.254 e. The molecule has 0 radical (unpaired) electrons. The van der Waals surface area contributed by atoms with Crippen LogP contribution in [0.4, 0.5) is 0 Å². The third-order valence-corrected chi connectivity index (χ3v) is 6.90. The van der Waals surface area contributed by atoms with Gasteiger partial charge in [-0.2, -0.15) is 0 Å². The predicted molar refractivity (Wildman–Crippen MR) is 111 cm³/mol. The summed E-state index contributed by atoms with van der Waals surface area (Å²) in [6.07, 6.45) is 5.52. The van der Waals surface area contributed by atoms with Crippen molar-refractivity contribution < 1.29 is 13.2 Å². The van der Waals surface area contributed by atoms with Crippen LogP contribution in [0.3, 0.4) is 0 Å². The van der Waals surface area contributed by atoms with E-state index in [1.807, 2.05) is 44.3 Å². The minimum absolute atomic E-state index is 0.107. The van der Waals surface area contributed by atoms with Gasteiger partial charge in [0.05, 0.1) is 4.90 Å². The van der Waals surface area contributed by atoms with Crippen LogP contribution < -0.4 is 4.72 Å². The zero-order valence-electron chi connectivity index (χ0n) is 16.5. The fourth-order valence-electron chi connectivity index (χ4n) is 3.68. The molecule has 0 aliphatic heterocycles. The summed E-state index contributed by atoms with van der Waals surface area (Å²) in [4.78, 5) is 14.9. The topological polar surface area (TPSA) is 66.5 Å². The quantitative estimate of drug-likeness (QED) is 0.800. The molecule has 0 heterocycles. The van der Waals surface area contributed by atoms with E-state index in [0.717, 1.165) is 36.8 Å². The van der Waals surface area contributed by atoms with Crippen molar-refractivity contribution in [3.63, 3.8) is 0 Å². The first-order chi connectivity index (χ1) is 13.4. The van der Waals surface area contributed by atoms with E-state index in [1.54, 1.807) is 17.0 Å². The maximum Gasteiger partial charge on any atom is 0.254 e. The minimum Gasteiger partial charge on any atom is -0.339 e. The molecule has 1 aliphatic rings. The molecular weight excluding hydrogens is 372 g/mol. The number of nitrogens with one attached hydrogen (secondary N) is 1. The number of hydrogen-bond acceptors (Lipinski definition) is 3. The number of amides is 1. The lowest BCUT2D eigenvalue weighted by molar-refractivity contribution is 0.0695. The number of hydrogen-bond donors (Lipinski definition) is 1. The highest BCUT2D eigenvalue weighted by Crippen LogP contribution is 2.24. The van der Waals surface area contributed by atoms with Crippen LogP contribution in [0.25, 0.3) is 0 Å². The molecule has 2 aromatic rings. The van der Waals surface area contributed by atoms with Crippen molar-refractivity contribution in [1.82, 2.24) is 9.62 Å². The zero-order chi connectivity index (χ0) is 20.1. The molecule has 0 unspecified atom stereocenters. The molecule has 0 spiro atoms. The molecule has 2 aromatic carbocycles. The zero-order valence-corrected chi connectivity index (χ0v) is 17.3. The molecule has 0 atom stereocenters. The lowest BCUT2D eigenvalue weighted by atomic mass is 9.94. The normalized spacial score (nSPS) is 15.4. The van der Waals surface area contributed by atoms with Crippen LogP contribution in [0, 0.1) is 6.92 Å². The van der Waals surface area contributed by atoms with Gasteiger partial charge in [0, 0.05) is 25.2 Å². The van der Waals surface area contributed by atoms with Crippen molar-refractivity contribution in [1.29, 1.82) is 0 Å². The molecule has 3 rings (SSSR count). The summed E-state index contributed by atoms with van der Waals surface area (Å²) in [5.41, 5.74) is 2.12. The Morgan fingerprint density at radius 1 is 1.07 bits per heavy atom. The summed E-state index contributed by atoms with van der Waals surface area (Å²) in [6.45, 7) is 2.05. The number of benzene rings is 2. The van der Waals surface area contributed by atoms with Gasteiger partial charge in [0.15, 0.2) is 0 Å². The molecule has 0 bridgehead atoms. The van der Waals surface area contributed by atoms with Crippen molar-refractivity contribution in [2.24, 2.45) is 0 Å². The fourth-order valence-corrected chi connectivity index (χ4v) is 4.72. The Hall–Kier alpha value is -2.18. The van der Waals surface area contributed by atoms with E-state index in [-0.39, 0.29) is 23.4 Å². The number of nitrogens with zero attached hydrogens (tertiary/aromatic N) is 1. The Morgan fingerprint density at radius 3 is 2.43 bits per heavy atom. The molecule has 1 N–H and O–H groups in total. The van der Waals surface area contributed by atoms with Crippen LogP contribution in [-0.4, -0.2) is 32.3 Å². The Balaban J connectivity index is 1.78. The van der Waals surface area contributed by atoms with Gasteiger partial charge in [-0.15, -0.1) is 0 Å². The number of carbonyl (C=O) groups is 1.